The third kappa shape index (κ3) is 5.10. The van der Waals surface area contributed by atoms with Crippen molar-refractivity contribution < 1.29 is 4.79 Å². The first-order valence-electron chi connectivity index (χ1n) is 13.1. The topological polar surface area (TPSA) is 102 Å². The summed E-state index contributed by atoms with van der Waals surface area (Å²) in [7, 11) is 0. The van der Waals surface area contributed by atoms with Gasteiger partial charge >= 0.3 is 0 Å². The lowest BCUT2D eigenvalue weighted by Gasteiger charge is -2.22. The molecule has 3 aromatic carbocycles. The predicted molar refractivity (Wildman–Crippen MR) is 164 cm³/mol. The number of pyridine rings is 1. The van der Waals surface area contributed by atoms with E-state index in [1.54, 1.807) is 10.1 Å². The molecule has 3 aromatic heterocycles. The fourth-order valence-corrected chi connectivity index (χ4v) is 5.60. The SMILES string of the molecule is C=CC(=O)NCc1cccc(-c2cccc3cc(C(C)Nc4ncnc5scnc45)n(-c4ccccc4)c(=O)c23)c1. The van der Waals surface area contributed by atoms with Gasteiger partial charge in [-0.25, -0.2) is 15.0 Å². The van der Waals surface area contributed by atoms with Crippen LogP contribution in [0.1, 0.15) is 24.2 Å². The molecule has 2 N–H and O–H groups in total. The first-order chi connectivity index (χ1) is 20.0. The minimum Gasteiger partial charge on any atom is -0.360 e. The molecule has 0 saturated heterocycles. The number of rotatable bonds is 8. The fraction of sp³-hybridized carbons (Fsp3) is 0.0938. The number of anilines is 1. The van der Waals surface area contributed by atoms with Crippen LogP contribution in [-0.4, -0.2) is 25.4 Å². The standard InChI is InChI=1S/C32H26N6O2S/c1-3-27(39)33-17-21-9-7-10-22(15-21)25-14-8-11-23-16-26(38(32(40)28(23)25)24-12-5-4-6-13-24)20(2)37-30-29-31(35-18-34-30)41-19-36-29/h3-16,18-20H,1,17H2,2H3,(H,33,39)(H,34,35,37). The monoisotopic (exact) mass is 558 g/mol. The van der Waals surface area contributed by atoms with Crippen LogP contribution in [0.15, 0.2) is 108 Å². The molecule has 0 radical (unpaired) electrons. The number of nitrogens with one attached hydrogen (secondary N) is 2. The highest BCUT2D eigenvalue weighted by molar-refractivity contribution is 7.16. The number of fused-ring (bicyclic) bond motifs is 2. The Labute approximate surface area is 240 Å². The number of benzene rings is 3. The number of carbonyl (C=O) groups is 1. The van der Waals surface area contributed by atoms with Crippen molar-refractivity contribution in [3.05, 3.63) is 125 Å². The van der Waals surface area contributed by atoms with E-state index in [2.05, 4.69) is 38.2 Å². The number of carbonyl (C=O) groups excluding carboxylic acids is 1. The van der Waals surface area contributed by atoms with E-state index in [9.17, 15) is 9.59 Å². The van der Waals surface area contributed by atoms with Crippen LogP contribution in [0.2, 0.25) is 0 Å². The molecule has 1 amide bonds. The number of nitrogens with zero attached hydrogens (tertiary/aromatic N) is 4. The molecule has 6 aromatic rings. The molecule has 41 heavy (non-hydrogen) atoms. The summed E-state index contributed by atoms with van der Waals surface area (Å²) in [6.45, 7) is 5.87. The molecule has 0 aliphatic heterocycles. The summed E-state index contributed by atoms with van der Waals surface area (Å²) in [5.74, 6) is 0.379. The molecule has 3 heterocycles. The van der Waals surface area contributed by atoms with Gasteiger partial charge in [0.25, 0.3) is 5.56 Å². The molecule has 8 nitrogen and oxygen atoms in total. The highest BCUT2D eigenvalue weighted by Crippen LogP contribution is 2.31. The van der Waals surface area contributed by atoms with Crippen molar-refractivity contribution in [1.82, 2.24) is 24.8 Å². The maximum Gasteiger partial charge on any atom is 0.263 e. The van der Waals surface area contributed by atoms with Crippen molar-refractivity contribution in [1.29, 1.82) is 0 Å². The van der Waals surface area contributed by atoms with Crippen molar-refractivity contribution in [3.8, 4) is 16.8 Å². The summed E-state index contributed by atoms with van der Waals surface area (Å²) < 4.78 is 1.76. The molecule has 0 spiro atoms. The summed E-state index contributed by atoms with van der Waals surface area (Å²) in [6.07, 6.45) is 2.77. The summed E-state index contributed by atoms with van der Waals surface area (Å²) in [5, 5.41) is 7.72. The third-order valence-corrected chi connectivity index (χ3v) is 7.64. The zero-order valence-corrected chi connectivity index (χ0v) is 23.1. The molecule has 9 heteroatoms. The highest BCUT2D eigenvalue weighted by Gasteiger charge is 2.20. The number of para-hydroxylation sites is 1. The van der Waals surface area contributed by atoms with Gasteiger partial charge in [0.15, 0.2) is 5.82 Å². The number of amides is 1. The smallest absolute Gasteiger partial charge is 0.263 e. The number of hydrogen-bond acceptors (Lipinski definition) is 7. The van der Waals surface area contributed by atoms with Crippen molar-refractivity contribution in [2.45, 2.75) is 19.5 Å². The van der Waals surface area contributed by atoms with Crippen LogP contribution in [-0.2, 0) is 11.3 Å². The Bertz CT molecular complexity index is 1960. The Morgan fingerprint density at radius 3 is 2.68 bits per heavy atom. The van der Waals surface area contributed by atoms with E-state index >= 15 is 0 Å². The van der Waals surface area contributed by atoms with Gasteiger partial charge < -0.3 is 10.6 Å². The van der Waals surface area contributed by atoms with Crippen LogP contribution >= 0.6 is 11.3 Å². The van der Waals surface area contributed by atoms with Crippen molar-refractivity contribution >= 4 is 44.2 Å². The van der Waals surface area contributed by atoms with Crippen LogP contribution in [0.25, 0.3) is 37.9 Å². The van der Waals surface area contributed by atoms with Crippen LogP contribution in [0, 0.1) is 0 Å². The van der Waals surface area contributed by atoms with E-state index in [0.717, 1.165) is 38.3 Å². The van der Waals surface area contributed by atoms with Gasteiger partial charge in [-0.2, -0.15) is 0 Å². The molecule has 0 aliphatic rings. The second-order valence-corrected chi connectivity index (χ2v) is 10.4. The minimum absolute atomic E-state index is 0.125. The Balaban J connectivity index is 1.50. The molecule has 0 saturated carbocycles. The Kier molecular flexibility index (Phi) is 7.09. The maximum atomic E-state index is 14.4. The van der Waals surface area contributed by atoms with Gasteiger partial charge in [0, 0.05) is 17.9 Å². The Hall–Kier alpha value is -5.15. The molecule has 1 unspecified atom stereocenters. The number of aromatic nitrogens is 4. The van der Waals surface area contributed by atoms with E-state index in [1.807, 2.05) is 79.7 Å². The molecular weight excluding hydrogens is 532 g/mol. The van der Waals surface area contributed by atoms with Gasteiger partial charge in [0.2, 0.25) is 5.91 Å². The summed E-state index contributed by atoms with van der Waals surface area (Å²) >= 11 is 1.45. The van der Waals surface area contributed by atoms with Crippen LogP contribution < -0.4 is 16.2 Å². The van der Waals surface area contributed by atoms with E-state index < -0.39 is 0 Å². The molecule has 0 fully saturated rings. The number of thiazole rings is 1. The average Bonchev–Trinajstić information content (AvgIpc) is 3.50. The predicted octanol–water partition coefficient (Wildman–Crippen LogP) is 6.03. The van der Waals surface area contributed by atoms with Gasteiger partial charge in [-0.1, -0.05) is 61.2 Å². The molecule has 202 valence electrons. The zero-order valence-electron chi connectivity index (χ0n) is 22.2. The average molecular weight is 559 g/mol. The molecule has 1 atom stereocenters. The molecule has 0 aliphatic carbocycles. The van der Waals surface area contributed by atoms with Gasteiger partial charge in [-0.3, -0.25) is 14.2 Å². The molecule has 0 bridgehead atoms. The lowest BCUT2D eigenvalue weighted by atomic mass is 9.96. The quantitative estimate of drug-likeness (QED) is 0.221. The van der Waals surface area contributed by atoms with Crippen molar-refractivity contribution in [2.75, 3.05) is 5.32 Å². The molecule has 6 rings (SSSR count). The van der Waals surface area contributed by atoms with Gasteiger partial charge in [-0.15, -0.1) is 11.3 Å². The maximum absolute atomic E-state index is 14.4. The van der Waals surface area contributed by atoms with Gasteiger partial charge in [-0.05, 0) is 59.3 Å². The first kappa shape index (κ1) is 26.1. The van der Waals surface area contributed by atoms with E-state index in [1.165, 1.54) is 23.7 Å². The third-order valence-electron chi connectivity index (χ3n) is 6.91. The minimum atomic E-state index is -0.285. The zero-order chi connectivity index (χ0) is 28.3. The second-order valence-electron chi connectivity index (χ2n) is 9.53. The van der Waals surface area contributed by atoms with Crippen molar-refractivity contribution in [3.63, 3.8) is 0 Å². The largest absolute Gasteiger partial charge is 0.360 e. The van der Waals surface area contributed by atoms with Gasteiger partial charge in [0.1, 0.15) is 16.7 Å². The van der Waals surface area contributed by atoms with Crippen LogP contribution in [0.4, 0.5) is 5.82 Å². The van der Waals surface area contributed by atoms with Crippen LogP contribution in [0.5, 0.6) is 0 Å². The lowest BCUT2D eigenvalue weighted by Crippen LogP contribution is -2.26. The van der Waals surface area contributed by atoms with E-state index in [-0.39, 0.29) is 17.5 Å². The van der Waals surface area contributed by atoms with Crippen molar-refractivity contribution in [2.24, 2.45) is 0 Å². The normalized spacial score (nSPS) is 11.8. The molecular formula is C32H26N6O2S. The number of hydrogen-bond donors (Lipinski definition) is 2. The fourth-order valence-electron chi connectivity index (χ4n) is 4.97. The van der Waals surface area contributed by atoms with Gasteiger partial charge in [0.05, 0.1) is 16.9 Å². The van der Waals surface area contributed by atoms with E-state index in [4.69, 9.17) is 0 Å². The highest BCUT2D eigenvalue weighted by atomic mass is 32.1. The summed E-state index contributed by atoms with van der Waals surface area (Å²) in [5.41, 5.74) is 6.50. The van der Waals surface area contributed by atoms with E-state index in [0.29, 0.717) is 23.3 Å². The Morgan fingerprint density at radius 1 is 1.02 bits per heavy atom. The second kappa shape index (κ2) is 11.1. The lowest BCUT2D eigenvalue weighted by molar-refractivity contribution is -0.116. The summed E-state index contributed by atoms with van der Waals surface area (Å²) in [6, 6.07) is 25.1. The van der Waals surface area contributed by atoms with Crippen LogP contribution in [0.3, 0.4) is 0 Å². The summed E-state index contributed by atoms with van der Waals surface area (Å²) in [4.78, 5) is 40.1. The Morgan fingerprint density at radius 2 is 1.85 bits per heavy atom. The first-order valence-corrected chi connectivity index (χ1v) is 14.0.